The average molecular weight is 482 g/mol. The summed E-state index contributed by atoms with van der Waals surface area (Å²) < 4.78 is 6.81. The summed E-state index contributed by atoms with van der Waals surface area (Å²) in [6.07, 6.45) is 0. The fraction of sp³-hybridized carbons (Fsp3) is 0.0370. The maximum atomic E-state index is 13.8. The highest BCUT2D eigenvalue weighted by molar-refractivity contribution is 7.22. The molecule has 0 saturated heterocycles. The van der Waals surface area contributed by atoms with Crippen LogP contribution in [-0.4, -0.2) is 15.8 Å². The van der Waals surface area contributed by atoms with Gasteiger partial charge in [0, 0.05) is 11.6 Å². The molecule has 0 atom stereocenters. The Morgan fingerprint density at radius 3 is 2.29 bits per heavy atom. The molecule has 0 aliphatic rings. The van der Waals surface area contributed by atoms with Gasteiger partial charge in [-0.05, 0) is 61.5 Å². The molecule has 0 aliphatic carbocycles. The number of rotatable bonds is 6. The van der Waals surface area contributed by atoms with Gasteiger partial charge >= 0.3 is 0 Å². The number of benzene rings is 4. The lowest BCUT2D eigenvalue weighted by atomic mass is 10.1. The van der Waals surface area contributed by atoms with Gasteiger partial charge in [0.1, 0.15) is 11.5 Å². The van der Waals surface area contributed by atoms with Crippen molar-refractivity contribution in [2.75, 3.05) is 4.90 Å². The van der Waals surface area contributed by atoms with E-state index in [1.54, 1.807) is 37.3 Å². The zero-order valence-corrected chi connectivity index (χ0v) is 19.4. The number of carbonyl (C=O) groups is 1. The van der Waals surface area contributed by atoms with Gasteiger partial charge in [-0.25, -0.2) is 4.98 Å². The molecule has 0 fully saturated rings. The normalized spacial score (nSPS) is 10.8. The van der Waals surface area contributed by atoms with E-state index in [-0.39, 0.29) is 11.3 Å². The van der Waals surface area contributed by atoms with E-state index in [1.165, 1.54) is 28.4 Å². The van der Waals surface area contributed by atoms with Crippen LogP contribution >= 0.6 is 11.3 Å². The minimum Gasteiger partial charge on any atom is -0.457 e. The lowest BCUT2D eigenvalue weighted by Gasteiger charge is -2.21. The first kappa shape index (κ1) is 22.2. The van der Waals surface area contributed by atoms with Gasteiger partial charge in [-0.1, -0.05) is 47.7 Å². The summed E-state index contributed by atoms with van der Waals surface area (Å²) in [6, 6.07) is 28.6. The second kappa shape index (κ2) is 9.36. The second-order valence-corrected chi connectivity index (χ2v) is 8.73. The van der Waals surface area contributed by atoms with E-state index >= 15 is 0 Å². The summed E-state index contributed by atoms with van der Waals surface area (Å²) in [5.41, 5.74) is 1.78. The SMILES string of the molecule is Cc1c(C(=O)N(c2ccc(Oc3ccccc3)cc2)c2nc3ccccc3s2)cccc1[N+](=O)[O-]. The van der Waals surface area contributed by atoms with Crippen LogP contribution in [0.15, 0.2) is 97.1 Å². The zero-order chi connectivity index (χ0) is 24.4. The number of hydrogen-bond acceptors (Lipinski definition) is 6. The molecular formula is C27H19N3O4S. The number of aromatic nitrogens is 1. The number of nitro groups is 1. The van der Waals surface area contributed by atoms with Crippen molar-refractivity contribution in [2.45, 2.75) is 6.92 Å². The summed E-state index contributed by atoms with van der Waals surface area (Å²) in [6.45, 7) is 1.58. The van der Waals surface area contributed by atoms with Crippen molar-refractivity contribution in [2.24, 2.45) is 0 Å². The topological polar surface area (TPSA) is 85.6 Å². The number of carbonyl (C=O) groups excluding carboxylic acids is 1. The Labute approximate surface area is 205 Å². The molecule has 0 spiro atoms. The summed E-state index contributed by atoms with van der Waals surface area (Å²) >= 11 is 1.38. The lowest BCUT2D eigenvalue weighted by molar-refractivity contribution is -0.385. The van der Waals surface area contributed by atoms with E-state index in [4.69, 9.17) is 4.74 Å². The first-order valence-corrected chi connectivity index (χ1v) is 11.6. The monoisotopic (exact) mass is 481 g/mol. The lowest BCUT2D eigenvalue weighted by Crippen LogP contribution is -2.26. The number of anilines is 2. The molecule has 1 amide bonds. The molecule has 0 radical (unpaired) electrons. The van der Waals surface area contributed by atoms with Crippen LogP contribution in [0.2, 0.25) is 0 Å². The first-order valence-electron chi connectivity index (χ1n) is 10.8. The van der Waals surface area contributed by atoms with E-state index in [9.17, 15) is 14.9 Å². The van der Waals surface area contributed by atoms with Crippen LogP contribution in [0.5, 0.6) is 11.5 Å². The van der Waals surface area contributed by atoms with Gasteiger partial charge < -0.3 is 4.74 Å². The van der Waals surface area contributed by atoms with Gasteiger partial charge in [-0.2, -0.15) is 0 Å². The highest BCUT2D eigenvalue weighted by atomic mass is 32.1. The van der Waals surface area contributed by atoms with Crippen LogP contribution in [0.3, 0.4) is 0 Å². The predicted molar refractivity (Wildman–Crippen MR) is 137 cm³/mol. The summed E-state index contributed by atoms with van der Waals surface area (Å²) in [5, 5.41) is 11.9. The Kier molecular flexibility index (Phi) is 5.95. The number of fused-ring (bicyclic) bond motifs is 1. The molecule has 5 aromatic rings. The van der Waals surface area contributed by atoms with Crippen LogP contribution in [0.25, 0.3) is 10.2 Å². The smallest absolute Gasteiger partial charge is 0.273 e. The standard InChI is InChI=1S/C27H19N3O4S/c1-18-22(10-7-12-24(18)30(32)33)26(31)29(27-28-23-11-5-6-13-25(23)35-27)19-14-16-21(17-15-19)34-20-8-3-2-4-9-20/h2-17H,1H3. The second-order valence-electron chi connectivity index (χ2n) is 7.72. The van der Waals surface area contributed by atoms with Gasteiger partial charge in [-0.15, -0.1) is 0 Å². The van der Waals surface area contributed by atoms with Gasteiger partial charge in [0.25, 0.3) is 11.6 Å². The third-order valence-electron chi connectivity index (χ3n) is 5.48. The third kappa shape index (κ3) is 4.47. The predicted octanol–water partition coefficient (Wildman–Crippen LogP) is 7.28. The molecule has 8 heteroatoms. The Morgan fingerprint density at radius 1 is 0.886 bits per heavy atom. The molecule has 0 saturated carbocycles. The van der Waals surface area contributed by atoms with Crippen molar-refractivity contribution in [3.63, 3.8) is 0 Å². The molecule has 4 aromatic carbocycles. The number of nitrogens with zero attached hydrogens (tertiary/aromatic N) is 3. The van der Waals surface area contributed by atoms with Crippen LogP contribution in [0.4, 0.5) is 16.5 Å². The van der Waals surface area contributed by atoms with Gasteiger partial charge in [-0.3, -0.25) is 19.8 Å². The van der Waals surface area contributed by atoms with E-state index in [1.807, 2.05) is 54.6 Å². The van der Waals surface area contributed by atoms with Crippen LogP contribution in [-0.2, 0) is 0 Å². The van der Waals surface area contributed by atoms with Crippen LogP contribution in [0, 0.1) is 17.0 Å². The summed E-state index contributed by atoms with van der Waals surface area (Å²) in [5.74, 6) is 0.914. The maximum absolute atomic E-state index is 13.8. The number of para-hydroxylation sites is 2. The number of nitro benzene ring substituents is 1. The molecule has 0 aliphatic heterocycles. The number of amides is 1. The molecule has 0 bridgehead atoms. The Hall–Kier alpha value is -4.56. The average Bonchev–Trinajstić information content (AvgIpc) is 3.29. The van der Waals surface area contributed by atoms with Crippen molar-refractivity contribution in [3.05, 3.63) is 118 Å². The fourth-order valence-electron chi connectivity index (χ4n) is 3.73. The fourth-order valence-corrected chi connectivity index (χ4v) is 4.72. The van der Waals surface area contributed by atoms with E-state index in [2.05, 4.69) is 4.98 Å². The molecule has 35 heavy (non-hydrogen) atoms. The van der Waals surface area contributed by atoms with Crippen LogP contribution in [0.1, 0.15) is 15.9 Å². The van der Waals surface area contributed by atoms with Crippen molar-refractivity contribution in [1.82, 2.24) is 4.98 Å². The van der Waals surface area contributed by atoms with Gasteiger partial charge in [0.05, 0.1) is 26.4 Å². The quantitative estimate of drug-likeness (QED) is 0.188. The molecule has 0 N–H and O–H groups in total. The van der Waals surface area contributed by atoms with Crippen molar-refractivity contribution >= 4 is 44.0 Å². The van der Waals surface area contributed by atoms with Gasteiger partial charge in [0.15, 0.2) is 5.13 Å². The Morgan fingerprint density at radius 2 is 1.57 bits per heavy atom. The van der Waals surface area contributed by atoms with Crippen molar-refractivity contribution in [1.29, 1.82) is 0 Å². The molecule has 172 valence electrons. The highest BCUT2D eigenvalue weighted by Gasteiger charge is 2.27. The minimum atomic E-state index is -0.482. The minimum absolute atomic E-state index is 0.105. The largest absolute Gasteiger partial charge is 0.457 e. The molecule has 7 nitrogen and oxygen atoms in total. The number of ether oxygens (including phenoxy) is 1. The summed E-state index contributed by atoms with van der Waals surface area (Å²) in [7, 11) is 0. The van der Waals surface area contributed by atoms with E-state index in [0.29, 0.717) is 27.9 Å². The first-order chi connectivity index (χ1) is 17.0. The zero-order valence-electron chi connectivity index (χ0n) is 18.6. The highest BCUT2D eigenvalue weighted by Crippen LogP contribution is 2.36. The Bertz CT molecular complexity index is 1500. The summed E-state index contributed by atoms with van der Waals surface area (Å²) in [4.78, 5) is 31.0. The molecule has 0 unspecified atom stereocenters. The molecule has 1 aromatic heterocycles. The molecule has 1 heterocycles. The Balaban J connectivity index is 1.57. The van der Waals surface area contributed by atoms with E-state index < -0.39 is 10.8 Å². The van der Waals surface area contributed by atoms with Gasteiger partial charge in [0.2, 0.25) is 0 Å². The van der Waals surface area contributed by atoms with Crippen molar-refractivity contribution < 1.29 is 14.5 Å². The molecule has 5 rings (SSSR count). The van der Waals surface area contributed by atoms with Crippen molar-refractivity contribution in [3.8, 4) is 11.5 Å². The third-order valence-corrected chi connectivity index (χ3v) is 6.50. The molecular weight excluding hydrogens is 462 g/mol. The number of hydrogen-bond donors (Lipinski definition) is 0. The maximum Gasteiger partial charge on any atom is 0.273 e. The number of thiazole rings is 1. The van der Waals surface area contributed by atoms with E-state index in [0.717, 1.165) is 10.2 Å². The van der Waals surface area contributed by atoms with Crippen LogP contribution < -0.4 is 9.64 Å².